The van der Waals surface area contributed by atoms with Gasteiger partial charge in [0.05, 0.1) is 31.3 Å². The van der Waals surface area contributed by atoms with Crippen molar-refractivity contribution in [2.75, 3.05) is 14.2 Å². The summed E-state index contributed by atoms with van der Waals surface area (Å²) in [6, 6.07) is 4.66. The molecule has 0 aliphatic carbocycles. The minimum absolute atomic E-state index is 0.144. The van der Waals surface area contributed by atoms with Gasteiger partial charge >= 0.3 is 18.1 Å². The normalized spacial score (nSPS) is 17.5. The second-order valence-corrected chi connectivity index (χ2v) is 5.15. The molecule has 0 spiro atoms. The van der Waals surface area contributed by atoms with Crippen LogP contribution < -0.4 is 5.43 Å². The lowest BCUT2D eigenvalue weighted by Crippen LogP contribution is -2.36. The minimum Gasteiger partial charge on any atom is -0.466 e. The fourth-order valence-corrected chi connectivity index (χ4v) is 2.58. The number of benzene rings is 1. The molecule has 0 bridgehead atoms. The van der Waals surface area contributed by atoms with Gasteiger partial charge < -0.3 is 9.47 Å². The van der Waals surface area contributed by atoms with Crippen LogP contribution in [0.5, 0.6) is 0 Å². The van der Waals surface area contributed by atoms with Gasteiger partial charge in [-0.1, -0.05) is 18.2 Å². The topological polar surface area (TPSA) is 77.0 Å². The third kappa shape index (κ3) is 3.49. The highest BCUT2D eigenvalue weighted by atomic mass is 19.4. The van der Waals surface area contributed by atoms with Crippen LogP contribution in [0.25, 0.3) is 0 Å². The number of hydrogen-bond acceptors (Lipinski definition) is 6. The molecule has 25 heavy (non-hydrogen) atoms. The number of ether oxygens (including phenoxy) is 2. The molecule has 1 atom stereocenters. The van der Waals surface area contributed by atoms with E-state index in [1.807, 2.05) is 0 Å². The number of carbonyl (C=O) groups excluding carboxylic acids is 2. The van der Waals surface area contributed by atoms with Crippen LogP contribution in [0.15, 0.2) is 40.6 Å². The summed E-state index contributed by atoms with van der Waals surface area (Å²) in [4.78, 5) is 24.2. The molecule has 1 aromatic rings. The third-order valence-corrected chi connectivity index (χ3v) is 3.69. The van der Waals surface area contributed by atoms with Gasteiger partial charge in [0.25, 0.3) is 0 Å². The van der Waals surface area contributed by atoms with Crippen LogP contribution in [0, 0.1) is 0 Å². The van der Waals surface area contributed by atoms with Crippen molar-refractivity contribution in [1.82, 2.24) is 5.43 Å². The molecule has 0 fully saturated rings. The third-order valence-electron chi connectivity index (χ3n) is 3.69. The lowest BCUT2D eigenvalue weighted by molar-refractivity contribution is -0.139. The molecule has 9 heteroatoms. The van der Waals surface area contributed by atoms with Crippen LogP contribution in [0.3, 0.4) is 0 Å². The smallest absolute Gasteiger partial charge is 0.416 e. The minimum atomic E-state index is -4.68. The van der Waals surface area contributed by atoms with Crippen molar-refractivity contribution in [2.24, 2.45) is 5.10 Å². The monoisotopic (exact) mass is 356 g/mol. The number of allylic oxidation sites excluding steroid dienone is 1. The Labute approximate surface area is 141 Å². The molecule has 6 nitrogen and oxygen atoms in total. The van der Waals surface area contributed by atoms with Crippen LogP contribution >= 0.6 is 0 Å². The summed E-state index contributed by atoms with van der Waals surface area (Å²) in [6.07, 6.45) is -4.68. The quantitative estimate of drug-likeness (QED) is 0.842. The van der Waals surface area contributed by atoms with Gasteiger partial charge in [0.15, 0.2) is 5.71 Å². The summed E-state index contributed by atoms with van der Waals surface area (Å²) in [5.74, 6) is -3.20. The number of hydrazone groups is 1. The molecular formula is C16H15F3N2O4. The number of alkyl halides is 3. The van der Waals surface area contributed by atoms with Crippen LogP contribution in [0.2, 0.25) is 0 Å². The number of nitrogens with one attached hydrogen (secondary N) is 1. The summed E-state index contributed by atoms with van der Waals surface area (Å²) in [5, 5.41) is 3.79. The first-order valence-electron chi connectivity index (χ1n) is 7.09. The SMILES string of the molecule is COC(=O)C1=NNC(C)=C(C(=O)OC)C1c1ccccc1C(F)(F)F. The molecule has 1 aromatic carbocycles. The predicted octanol–water partition coefficient (Wildman–Crippen LogP) is 2.37. The van der Waals surface area contributed by atoms with E-state index in [1.54, 1.807) is 0 Å². The first-order valence-corrected chi connectivity index (χ1v) is 7.09. The number of halogens is 3. The molecule has 1 aliphatic heterocycles. The average Bonchev–Trinajstić information content (AvgIpc) is 2.59. The molecule has 0 amide bonds. The molecule has 0 saturated carbocycles. The Morgan fingerprint density at radius 1 is 1.12 bits per heavy atom. The molecule has 0 saturated heterocycles. The van der Waals surface area contributed by atoms with Crippen LogP contribution in [0.4, 0.5) is 13.2 Å². The zero-order chi connectivity index (χ0) is 18.8. The molecule has 1 heterocycles. The molecule has 0 aromatic heterocycles. The lowest BCUT2D eigenvalue weighted by atomic mass is 9.82. The van der Waals surface area contributed by atoms with Crippen molar-refractivity contribution in [2.45, 2.75) is 19.0 Å². The van der Waals surface area contributed by atoms with E-state index in [2.05, 4.69) is 20.0 Å². The van der Waals surface area contributed by atoms with Gasteiger partial charge in [-0.05, 0) is 18.6 Å². The first kappa shape index (κ1) is 18.5. The number of nitrogens with zero attached hydrogens (tertiary/aromatic N) is 1. The Kier molecular flexibility index (Phi) is 5.15. The maximum absolute atomic E-state index is 13.4. The van der Waals surface area contributed by atoms with E-state index in [-0.39, 0.29) is 22.5 Å². The molecular weight excluding hydrogens is 341 g/mol. The summed E-state index contributed by atoms with van der Waals surface area (Å²) < 4.78 is 49.5. The molecule has 1 aliphatic rings. The Morgan fingerprint density at radius 2 is 1.72 bits per heavy atom. The van der Waals surface area contributed by atoms with E-state index < -0.39 is 29.6 Å². The largest absolute Gasteiger partial charge is 0.466 e. The Balaban J connectivity index is 2.74. The summed E-state index contributed by atoms with van der Waals surface area (Å²) in [7, 11) is 2.17. The van der Waals surface area contributed by atoms with Crippen molar-refractivity contribution in [3.8, 4) is 0 Å². The molecule has 1 unspecified atom stereocenters. The Hall–Kier alpha value is -2.84. The van der Waals surface area contributed by atoms with Crippen molar-refractivity contribution >= 4 is 17.7 Å². The predicted molar refractivity (Wildman–Crippen MR) is 81.5 cm³/mol. The van der Waals surface area contributed by atoms with Crippen molar-refractivity contribution in [1.29, 1.82) is 0 Å². The summed E-state index contributed by atoms with van der Waals surface area (Å²) in [5.41, 5.74) is 0.853. The standard InChI is InChI=1S/C16H15F3N2O4/c1-8-11(14(22)24-2)12(13(21-20-8)15(23)25-3)9-6-4-5-7-10(9)16(17,18)19/h4-7,12,20H,1-3H3. The van der Waals surface area contributed by atoms with E-state index >= 15 is 0 Å². The van der Waals surface area contributed by atoms with Gasteiger partial charge in [0.2, 0.25) is 0 Å². The van der Waals surface area contributed by atoms with Gasteiger partial charge in [-0.15, -0.1) is 0 Å². The number of carbonyl (C=O) groups is 2. The fraction of sp³-hybridized carbons (Fsp3) is 0.312. The number of methoxy groups -OCH3 is 2. The molecule has 2 rings (SSSR count). The Morgan fingerprint density at radius 3 is 2.28 bits per heavy atom. The van der Waals surface area contributed by atoms with E-state index in [4.69, 9.17) is 0 Å². The average molecular weight is 356 g/mol. The number of esters is 2. The van der Waals surface area contributed by atoms with Gasteiger partial charge in [0, 0.05) is 5.70 Å². The Bertz CT molecular complexity index is 769. The summed E-state index contributed by atoms with van der Waals surface area (Å²) >= 11 is 0. The maximum atomic E-state index is 13.4. The first-order chi connectivity index (χ1) is 11.7. The molecule has 0 radical (unpaired) electrons. The maximum Gasteiger partial charge on any atom is 0.416 e. The van der Waals surface area contributed by atoms with Gasteiger partial charge in [-0.25, -0.2) is 9.59 Å². The second-order valence-electron chi connectivity index (χ2n) is 5.15. The van der Waals surface area contributed by atoms with Crippen molar-refractivity contribution in [3.05, 3.63) is 46.7 Å². The van der Waals surface area contributed by atoms with Gasteiger partial charge in [0.1, 0.15) is 0 Å². The lowest BCUT2D eigenvalue weighted by Gasteiger charge is -2.27. The van der Waals surface area contributed by atoms with E-state index in [1.165, 1.54) is 25.1 Å². The van der Waals surface area contributed by atoms with Crippen molar-refractivity contribution < 1.29 is 32.2 Å². The summed E-state index contributed by atoms with van der Waals surface area (Å²) in [6.45, 7) is 1.45. The number of hydrogen-bond donors (Lipinski definition) is 1. The van der Waals surface area contributed by atoms with E-state index in [9.17, 15) is 22.8 Å². The van der Waals surface area contributed by atoms with Crippen LogP contribution in [-0.4, -0.2) is 31.9 Å². The van der Waals surface area contributed by atoms with E-state index in [0.717, 1.165) is 20.3 Å². The highest BCUT2D eigenvalue weighted by Crippen LogP contribution is 2.40. The second kappa shape index (κ2) is 6.96. The van der Waals surface area contributed by atoms with Crippen LogP contribution in [-0.2, 0) is 25.2 Å². The molecule has 1 N–H and O–H groups in total. The van der Waals surface area contributed by atoms with Gasteiger partial charge in [-0.2, -0.15) is 18.3 Å². The van der Waals surface area contributed by atoms with Crippen LogP contribution in [0.1, 0.15) is 24.0 Å². The van der Waals surface area contributed by atoms with Gasteiger partial charge in [-0.3, -0.25) is 5.43 Å². The number of rotatable bonds is 3. The highest BCUT2D eigenvalue weighted by Gasteiger charge is 2.42. The van der Waals surface area contributed by atoms with Crippen molar-refractivity contribution in [3.63, 3.8) is 0 Å². The highest BCUT2D eigenvalue weighted by molar-refractivity contribution is 6.40. The fourth-order valence-electron chi connectivity index (χ4n) is 2.58. The molecule has 134 valence electrons. The zero-order valence-electron chi connectivity index (χ0n) is 13.6. The zero-order valence-corrected chi connectivity index (χ0v) is 13.6. The van der Waals surface area contributed by atoms with E-state index in [0.29, 0.717) is 0 Å².